The van der Waals surface area contributed by atoms with Crippen molar-refractivity contribution in [2.45, 2.75) is 24.6 Å². The highest BCUT2D eigenvalue weighted by Crippen LogP contribution is 2.31. The van der Waals surface area contributed by atoms with Crippen LogP contribution in [0.3, 0.4) is 0 Å². The van der Waals surface area contributed by atoms with Gasteiger partial charge in [0.15, 0.2) is 0 Å². The summed E-state index contributed by atoms with van der Waals surface area (Å²) in [5.41, 5.74) is 1.02. The summed E-state index contributed by atoms with van der Waals surface area (Å²) < 4.78 is 1.14. The molecule has 1 fully saturated rings. The molecule has 1 aliphatic rings. The zero-order valence-corrected chi connectivity index (χ0v) is 11.0. The summed E-state index contributed by atoms with van der Waals surface area (Å²) in [4.78, 5) is 8.54. The lowest BCUT2D eigenvalue weighted by Gasteiger charge is -2.14. The maximum atomic E-state index is 6.27. The van der Waals surface area contributed by atoms with Gasteiger partial charge in [0.2, 0.25) is 0 Å². The summed E-state index contributed by atoms with van der Waals surface area (Å²) in [6, 6.07) is 2.02. The molecule has 2 heterocycles. The Hall–Kier alpha value is -0.870. The molecule has 17 heavy (non-hydrogen) atoms. The quantitative estimate of drug-likeness (QED) is 0.865. The Morgan fingerprint density at radius 3 is 3.18 bits per heavy atom. The van der Waals surface area contributed by atoms with E-state index in [9.17, 15) is 0 Å². The van der Waals surface area contributed by atoms with Crippen LogP contribution in [0.1, 0.15) is 19.3 Å². The fourth-order valence-corrected chi connectivity index (χ4v) is 3.54. The molecule has 2 unspecified atom stereocenters. The van der Waals surface area contributed by atoms with Crippen LogP contribution in [0.5, 0.6) is 0 Å². The Morgan fingerprint density at radius 1 is 1.41 bits per heavy atom. The van der Waals surface area contributed by atoms with Gasteiger partial charge < -0.3 is 5.32 Å². The zero-order chi connectivity index (χ0) is 11.7. The van der Waals surface area contributed by atoms with Crippen LogP contribution >= 0.6 is 22.9 Å². The predicted molar refractivity (Wildman–Crippen MR) is 72.9 cm³/mol. The molecule has 1 saturated carbocycles. The molecule has 0 saturated heterocycles. The summed E-state index contributed by atoms with van der Waals surface area (Å²) in [6.07, 6.45) is 5.23. The Bertz CT molecular complexity index is 513. The van der Waals surface area contributed by atoms with Crippen molar-refractivity contribution in [3.63, 3.8) is 0 Å². The number of aromatic nitrogens is 2. The first-order valence-electron chi connectivity index (χ1n) is 5.91. The maximum Gasteiger partial charge on any atom is 0.147 e. The van der Waals surface area contributed by atoms with Crippen LogP contribution in [-0.2, 0) is 0 Å². The fourth-order valence-electron chi connectivity index (χ4n) is 2.36. The molecule has 0 aromatic carbocycles. The van der Waals surface area contributed by atoms with E-state index in [0.717, 1.165) is 29.0 Å². The second-order valence-corrected chi connectivity index (χ2v) is 5.92. The van der Waals surface area contributed by atoms with Crippen molar-refractivity contribution in [2.24, 2.45) is 5.92 Å². The van der Waals surface area contributed by atoms with Gasteiger partial charge >= 0.3 is 0 Å². The lowest BCUT2D eigenvalue weighted by molar-refractivity contribution is 0.585. The molecule has 0 spiro atoms. The third-order valence-electron chi connectivity index (χ3n) is 3.34. The largest absolute Gasteiger partial charge is 0.368 e. The van der Waals surface area contributed by atoms with Gasteiger partial charge in [0.05, 0.1) is 10.2 Å². The van der Waals surface area contributed by atoms with Crippen molar-refractivity contribution in [3.8, 4) is 0 Å². The summed E-state index contributed by atoms with van der Waals surface area (Å²) in [5.74, 6) is 1.52. The van der Waals surface area contributed by atoms with Crippen LogP contribution in [0.2, 0.25) is 0 Å². The van der Waals surface area contributed by atoms with Gasteiger partial charge in [-0.1, -0.05) is 6.42 Å². The normalized spacial score (nSPS) is 24.3. The summed E-state index contributed by atoms with van der Waals surface area (Å²) >= 11 is 7.95. The van der Waals surface area contributed by atoms with Gasteiger partial charge in [-0.25, -0.2) is 9.97 Å². The molecule has 0 aliphatic heterocycles. The molecule has 0 radical (unpaired) electrons. The van der Waals surface area contributed by atoms with E-state index in [-0.39, 0.29) is 0 Å². The van der Waals surface area contributed by atoms with Crippen LogP contribution in [0, 0.1) is 5.92 Å². The highest BCUT2D eigenvalue weighted by molar-refractivity contribution is 7.17. The molecular formula is C12H14ClN3S. The number of nitrogens with zero attached hydrogens (tertiary/aromatic N) is 2. The first-order valence-corrected chi connectivity index (χ1v) is 7.22. The number of nitrogens with one attached hydrogen (secondary N) is 1. The number of rotatable bonds is 3. The van der Waals surface area contributed by atoms with Crippen LogP contribution < -0.4 is 5.32 Å². The zero-order valence-electron chi connectivity index (χ0n) is 9.40. The fraction of sp³-hybridized carbons (Fsp3) is 0.500. The number of thiophene rings is 1. The van der Waals surface area contributed by atoms with Gasteiger partial charge in [0.1, 0.15) is 12.1 Å². The van der Waals surface area contributed by atoms with E-state index in [1.165, 1.54) is 12.8 Å². The average molecular weight is 268 g/mol. The molecular weight excluding hydrogens is 254 g/mol. The predicted octanol–water partition coefficient (Wildman–Crippen LogP) is 3.51. The van der Waals surface area contributed by atoms with Gasteiger partial charge in [-0.3, -0.25) is 0 Å². The first-order chi connectivity index (χ1) is 8.34. The topological polar surface area (TPSA) is 37.8 Å². The minimum Gasteiger partial charge on any atom is -0.368 e. The van der Waals surface area contributed by atoms with Crippen LogP contribution in [0.25, 0.3) is 10.2 Å². The van der Waals surface area contributed by atoms with Gasteiger partial charge in [0.25, 0.3) is 0 Å². The molecule has 3 nitrogen and oxygen atoms in total. The molecule has 2 atom stereocenters. The second kappa shape index (κ2) is 4.78. The molecule has 90 valence electrons. The number of hydrogen-bond acceptors (Lipinski definition) is 4. The maximum absolute atomic E-state index is 6.27. The van der Waals surface area contributed by atoms with Crippen LogP contribution in [0.15, 0.2) is 17.8 Å². The van der Waals surface area contributed by atoms with E-state index in [2.05, 4.69) is 15.3 Å². The van der Waals surface area contributed by atoms with E-state index in [1.54, 1.807) is 17.7 Å². The summed E-state index contributed by atoms with van der Waals surface area (Å²) in [7, 11) is 0. The van der Waals surface area contributed by atoms with Crippen molar-refractivity contribution in [3.05, 3.63) is 17.8 Å². The van der Waals surface area contributed by atoms with Gasteiger partial charge in [-0.15, -0.1) is 22.9 Å². The lowest BCUT2D eigenvalue weighted by Crippen LogP contribution is -2.18. The Morgan fingerprint density at radius 2 is 2.35 bits per heavy atom. The smallest absolute Gasteiger partial charge is 0.147 e. The minimum absolute atomic E-state index is 0.322. The van der Waals surface area contributed by atoms with Crippen molar-refractivity contribution < 1.29 is 0 Å². The third-order valence-corrected chi connectivity index (χ3v) is 4.83. The molecule has 1 N–H and O–H groups in total. The Labute approximate surface area is 109 Å². The lowest BCUT2D eigenvalue weighted by atomic mass is 10.1. The number of anilines is 1. The Kier molecular flexibility index (Phi) is 3.16. The molecule has 0 amide bonds. The van der Waals surface area contributed by atoms with Gasteiger partial charge in [-0.05, 0) is 30.2 Å². The standard InChI is InChI=1S/C12H14ClN3S/c13-9-3-1-2-8(9)6-14-12-11-10(4-5-17-11)15-7-16-12/h4-5,7-9H,1-3,6H2,(H,14,15,16). The number of halogens is 1. The minimum atomic E-state index is 0.322. The summed E-state index contributed by atoms with van der Waals surface area (Å²) in [5, 5.41) is 5.79. The van der Waals surface area contributed by atoms with Crippen LogP contribution in [0.4, 0.5) is 5.82 Å². The summed E-state index contributed by atoms with van der Waals surface area (Å²) in [6.45, 7) is 0.915. The van der Waals surface area contributed by atoms with E-state index in [1.807, 2.05) is 11.4 Å². The van der Waals surface area contributed by atoms with E-state index in [0.29, 0.717) is 11.3 Å². The highest BCUT2D eigenvalue weighted by atomic mass is 35.5. The highest BCUT2D eigenvalue weighted by Gasteiger charge is 2.25. The van der Waals surface area contributed by atoms with E-state index < -0.39 is 0 Å². The molecule has 3 rings (SSSR count). The molecule has 1 aliphatic carbocycles. The van der Waals surface area contributed by atoms with Crippen molar-refractivity contribution in [2.75, 3.05) is 11.9 Å². The van der Waals surface area contributed by atoms with Crippen molar-refractivity contribution >= 4 is 39.0 Å². The first kappa shape index (κ1) is 11.2. The Balaban J connectivity index is 1.74. The van der Waals surface area contributed by atoms with Crippen LogP contribution in [-0.4, -0.2) is 21.9 Å². The SMILES string of the molecule is ClC1CCCC1CNc1ncnc2ccsc12. The number of hydrogen-bond donors (Lipinski definition) is 1. The van der Waals surface area contributed by atoms with Gasteiger partial charge in [-0.2, -0.15) is 0 Å². The van der Waals surface area contributed by atoms with E-state index in [4.69, 9.17) is 11.6 Å². The molecule has 2 aromatic rings. The van der Waals surface area contributed by atoms with Crippen molar-refractivity contribution in [1.29, 1.82) is 0 Å². The average Bonchev–Trinajstić information content (AvgIpc) is 2.95. The van der Waals surface area contributed by atoms with E-state index >= 15 is 0 Å². The van der Waals surface area contributed by atoms with Crippen molar-refractivity contribution in [1.82, 2.24) is 9.97 Å². The second-order valence-electron chi connectivity index (χ2n) is 4.45. The number of alkyl halides is 1. The molecule has 0 bridgehead atoms. The molecule has 5 heteroatoms. The van der Waals surface area contributed by atoms with Gasteiger partial charge in [0, 0.05) is 11.9 Å². The molecule has 2 aromatic heterocycles. The monoisotopic (exact) mass is 267 g/mol. The third kappa shape index (κ3) is 2.24. The number of fused-ring (bicyclic) bond motifs is 1.